The maximum Gasteiger partial charge on any atom is 0.306 e. The number of rotatable bonds is 36. The predicted molar refractivity (Wildman–Crippen MR) is 224 cm³/mol. The zero-order chi connectivity index (χ0) is 38.7. The van der Waals surface area contributed by atoms with Gasteiger partial charge in [0.2, 0.25) is 0 Å². The minimum atomic E-state index is -0.808. The van der Waals surface area contributed by atoms with Gasteiger partial charge in [-0.3, -0.25) is 14.4 Å². The molecule has 0 rings (SSSR count). The van der Waals surface area contributed by atoms with Crippen LogP contribution in [0.3, 0.4) is 0 Å². The van der Waals surface area contributed by atoms with Crippen LogP contribution >= 0.6 is 0 Å². The molecule has 0 radical (unpaired) electrons. The van der Waals surface area contributed by atoms with E-state index in [1.165, 1.54) is 44.9 Å². The second kappa shape index (κ2) is 41.3. The second-order valence-corrected chi connectivity index (χ2v) is 13.6. The van der Waals surface area contributed by atoms with Crippen LogP contribution in [0.1, 0.15) is 175 Å². The molecular weight excluding hydrogens is 661 g/mol. The van der Waals surface area contributed by atoms with Crippen LogP contribution in [0.25, 0.3) is 0 Å². The third-order valence-electron chi connectivity index (χ3n) is 8.52. The monoisotopic (exact) mass is 737 g/mol. The molecule has 53 heavy (non-hydrogen) atoms. The van der Waals surface area contributed by atoms with Gasteiger partial charge in [-0.05, 0) is 57.8 Å². The van der Waals surface area contributed by atoms with Crippen LogP contribution < -0.4 is 0 Å². The molecule has 0 bridgehead atoms. The Morgan fingerprint density at radius 1 is 0.415 bits per heavy atom. The summed E-state index contributed by atoms with van der Waals surface area (Å²) in [5, 5.41) is 0. The Labute approximate surface area is 325 Å². The highest BCUT2D eigenvalue weighted by molar-refractivity contribution is 5.71. The van der Waals surface area contributed by atoms with E-state index >= 15 is 0 Å². The van der Waals surface area contributed by atoms with E-state index in [0.29, 0.717) is 19.3 Å². The van der Waals surface area contributed by atoms with E-state index in [1.54, 1.807) is 0 Å². The van der Waals surface area contributed by atoms with Crippen LogP contribution in [0.2, 0.25) is 0 Å². The molecule has 0 saturated carbocycles. The summed E-state index contributed by atoms with van der Waals surface area (Å²) in [5.74, 6) is -1.01. The fourth-order valence-corrected chi connectivity index (χ4v) is 5.39. The Bertz CT molecular complexity index is 1080. The third-order valence-corrected chi connectivity index (χ3v) is 8.52. The predicted octanol–water partition coefficient (Wildman–Crippen LogP) is 13.3. The van der Waals surface area contributed by atoms with Crippen molar-refractivity contribution in [2.45, 2.75) is 181 Å². The standard InChI is InChI=1S/C47H76O6/c1-4-7-10-13-16-19-22-24-26-28-31-34-37-40-46(49)52-43-44(42-51-45(48)39-36-33-30-27-21-18-15-12-9-6-3)53-47(50)41-38-35-32-29-25-23-20-17-14-11-8-5-2/h7-8,10-11,13,16-17,19-20,22,24,26,28,31,44H,4-6,9,12,14-15,18,21,23,25,27,29-30,32-43H2,1-3H3/b10-7-,11-8-,16-13-,20-17-,22-19-,26-24-,31-28-. The van der Waals surface area contributed by atoms with Crippen molar-refractivity contribution in [3.63, 3.8) is 0 Å². The van der Waals surface area contributed by atoms with E-state index in [9.17, 15) is 14.4 Å². The molecule has 0 saturated heterocycles. The highest BCUT2D eigenvalue weighted by Crippen LogP contribution is 2.13. The lowest BCUT2D eigenvalue weighted by atomic mass is 10.1. The van der Waals surface area contributed by atoms with Gasteiger partial charge in [0.25, 0.3) is 0 Å². The summed E-state index contributed by atoms with van der Waals surface area (Å²) in [7, 11) is 0. The molecule has 6 nitrogen and oxygen atoms in total. The molecule has 300 valence electrons. The Kier molecular flexibility index (Phi) is 38.7. The summed E-state index contributed by atoms with van der Waals surface area (Å²) < 4.78 is 16.6. The number of carbonyl (C=O) groups is 3. The first-order chi connectivity index (χ1) is 26.0. The molecule has 0 aliphatic rings. The lowest BCUT2D eigenvalue weighted by molar-refractivity contribution is -0.167. The lowest BCUT2D eigenvalue weighted by Crippen LogP contribution is -2.30. The summed E-state index contributed by atoms with van der Waals surface area (Å²) >= 11 is 0. The Morgan fingerprint density at radius 2 is 0.849 bits per heavy atom. The van der Waals surface area contributed by atoms with Gasteiger partial charge in [0.05, 0.1) is 0 Å². The van der Waals surface area contributed by atoms with E-state index in [4.69, 9.17) is 14.2 Å². The normalized spacial score (nSPS) is 12.9. The first kappa shape index (κ1) is 49.6. The minimum absolute atomic E-state index is 0.105. The fourth-order valence-electron chi connectivity index (χ4n) is 5.39. The zero-order valence-electron chi connectivity index (χ0n) is 34.0. The molecule has 1 atom stereocenters. The third kappa shape index (κ3) is 39.6. The van der Waals surface area contributed by atoms with E-state index in [2.05, 4.69) is 51.2 Å². The van der Waals surface area contributed by atoms with Crippen molar-refractivity contribution >= 4 is 17.9 Å². The van der Waals surface area contributed by atoms with Crippen LogP contribution in [0, 0.1) is 0 Å². The molecule has 1 unspecified atom stereocenters. The molecule has 0 N–H and O–H groups in total. The van der Waals surface area contributed by atoms with Crippen molar-refractivity contribution in [3.8, 4) is 0 Å². The number of hydrogen-bond acceptors (Lipinski definition) is 6. The van der Waals surface area contributed by atoms with Gasteiger partial charge in [-0.1, -0.05) is 183 Å². The molecule has 0 fully saturated rings. The topological polar surface area (TPSA) is 78.9 Å². The van der Waals surface area contributed by atoms with Crippen molar-refractivity contribution < 1.29 is 28.6 Å². The molecule has 6 heteroatoms. The number of carbonyl (C=O) groups excluding carboxylic acids is 3. The molecular formula is C47H76O6. The van der Waals surface area contributed by atoms with E-state index in [1.807, 2.05) is 54.7 Å². The second-order valence-electron chi connectivity index (χ2n) is 13.6. The van der Waals surface area contributed by atoms with Gasteiger partial charge in [0.1, 0.15) is 13.2 Å². The van der Waals surface area contributed by atoms with Gasteiger partial charge < -0.3 is 14.2 Å². The summed E-state index contributed by atoms with van der Waals surface area (Å²) in [4.78, 5) is 37.6. The molecule has 0 aliphatic heterocycles. The summed E-state index contributed by atoms with van der Waals surface area (Å²) in [6, 6.07) is 0. The number of hydrogen-bond donors (Lipinski definition) is 0. The molecule has 0 heterocycles. The zero-order valence-corrected chi connectivity index (χ0v) is 34.0. The van der Waals surface area contributed by atoms with Crippen molar-refractivity contribution in [3.05, 3.63) is 85.1 Å². The quantitative estimate of drug-likeness (QED) is 0.0209. The molecule has 0 aromatic carbocycles. The number of esters is 3. The lowest BCUT2D eigenvalue weighted by Gasteiger charge is -2.18. The Morgan fingerprint density at radius 3 is 1.42 bits per heavy atom. The van der Waals surface area contributed by atoms with Gasteiger partial charge in [-0.2, -0.15) is 0 Å². The minimum Gasteiger partial charge on any atom is -0.462 e. The Hall–Kier alpha value is -3.41. The van der Waals surface area contributed by atoms with Gasteiger partial charge in [0, 0.05) is 19.3 Å². The fraction of sp³-hybridized carbons (Fsp3) is 0.638. The maximum absolute atomic E-state index is 12.7. The molecule has 0 aliphatic carbocycles. The molecule has 0 aromatic heterocycles. The molecule has 0 aromatic rings. The average Bonchev–Trinajstić information content (AvgIpc) is 3.15. The van der Waals surface area contributed by atoms with Gasteiger partial charge >= 0.3 is 17.9 Å². The molecule has 0 amide bonds. The first-order valence-electron chi connectivity index (χ1n) is 21.2. The summed E-state index contributed by atoms with van der Waals surface area (Å²) in [6.07, 6.45) is 51.4. The SMILES string of the molecule is CC\C=C/C=C\C=C/C=C\C=C/CCCC(=O)OCC(COC(=O)CCCCCCCCCCCC)OC(=O)CCCCCCC/C=C\C/C=C\CC. The highest BCUT2D eigenvalue weighted by atomic mass is 16.6. The van der Waals surface area contributed by atoms with Gasteiger partial charge in [-0.25, -0.2) is 0 Å². The van der Waals surface area contributed by atoms with Crippen LogP contribution in [0.4, 0.5) is 0 Å². The largest absolute Gasteiger partial charge is 0.462 e. The summed E-state index contributed by atoms with van der Waals surface area (Å²) in [5.41, 5.74) is 0. The maximum atomic E-state index is 12.7. The summed E-state index contributed by atoms with van der Waals surface area (Å²) in [6.45, 7) is 6.26. The number of ether oxygens (including phenoxy) is 3. The highest BCUT2D eigenvalue weighted by Gasteiger charge is 2.19. The van der Waals surface area contributed by atoms with Crippen LogP contribution in [0.5, 0.6) is 0 Å². The smallest absolute Gasteiger partial charge is 0.306 e. The van der Waals surface area contributed by atoms with Gasteiger partial charge in [0.15, 0.2) is 6.10 Å². The average molecular weight is 737 g/mol. The van der Waals surface area contributed by atoms with Crippen molar-refractivity contribution in [2.75, 3.05) is 13.2 Å². The van der Waals surface area contributed by atoms with Crippen LogP contribution in [-0.4, -0.2) is 37.2 Å². The first-order valence-corrected chi connectivity index (χ1v) is 21.2. The van der Waals surface area contributed by atoms with Crippen LogP contribution in [0.15, 0.2) is 85.1 Å². The van der Waals surface area contributed by atoms with Crippen LogP contribution in [-0.2, 0) is 28.6 Å². The van der Waals surface area contributed by atoms with Gasteiger partial charge in [-0.15, -0.1) is 0 Å². The van der Waals surface area contributed by atoms with Crippen molar-refractivity contribution in [2.24, 2.45) is 0 Å². The van der Waals surface area contributed by atoms with E-state index < -0.39 is 6.10 Å². The number of allylic oxidation sites excluding steroid dienone is 14. The van der Waals surface area contributed by atoms with E-state index in [-0.39, 0.29) is 37.5 Å². The van der Waals surface area contributed by atoms with Crippen molar-refractivity contribution in [1.82, 2.24) is 0 Å². The Balaban J connectivity index is 4.54. The van der Waals surface area contributed by atoms with E-state index in [0.717, 1.165) is 83.5 Å². The molecule has 0 spiro atoms. The van der Waals surface area contributed by atoms with Crippen molar-refractivity contribution in [1.29, 1.82) is 0 Å². The number of unbranched alkanes of at least 4 members (excludes halogenated alkanes) is 15.